The van der Waals surface area contributed by atoms with E-state index in [-0.39, 0.29) is 0 Å². The SMILES string of the molecule is C/C=C(/F)C(N)C=O. The Morgan fingerprint density at radius 1 is 1.88 bits per heavy atom. The number of carbonyl (C=O) groups is 1. The Labute approximate surface area is 47.2 Å². The van der Waals surface area contributed by atoms with E-state index in [9.17, 15) is 9.18 Å². The molecule has 0 bridgehead atoms. The van der Waals surface area contributed by atoms with E-state index in [1.165, 1.54) is 13.0 Å². The Kier molecular flexibility index (Phi) is 3.03. The van der Waals surface area contributed by atoms with E-state index in [0.29, 0.717) is 6.29 Å². The van der Waals surface area contributed by atoms with Crippen molar-refractivity contribution < 1.29 is 9.18 Å². The van der Waals surface area contributed by atoms with Crippen LogP contribution in [-0.2, 0) is 4.79 Å². The highest BCUT2D eigenvalue weighted by Crippen LogP contribution is 1.96. The summed E-state index contributed by atoms with van der Waals surface area (Å²) < 4.78 is 12.0. The van der Waals surface area contributed by atoms with E-state index in [2.05, 4.69) is 0 Å². The van der Waals surface area contributed by atoms with Crippen LogP contribution in [0.4, 0.5) is 4.39 Å². The van der Waals surface area contributed by atoms with Crippen LogP contribution in [0.3, 0.4) is 0 Å². The van der Waals surface area contributed by atoms with Crippen LogP contribution in [0.15, 0.2) is 11.9 Å². The molecule has 0 heterocycles. The molecule has 0 saturated heterocycles. The lowest BCUT2D eigenvalue weighted by Crippen LogP contribution is -2.21. The topological polar surface area (TPSA) is 43.1 Å². The predicted octanol–water partition coefficient (Wildman–Crippen LogP) is 0.386. The van der Waals surface area contributed by atoms with E-state index >= 15 is 0 Å². The minimum absolute atomic E-state index is 0.356. The summed E-state index contributed by atoms with van der Waals surface area (Å²) in [7, 11) is 0. The van der Waals surface area contributed by atoms with Crippen LogP contribution in [0.1, 0.15) is 6.92 Å². The summed E-state index contributed by atoms with van der Waals surface area (Å²) in [5.74, 6) is -0.583. The molecular formula is C5H8FNO. The van der Waals surface area contributed by atoms with Crippen LogP contribution >= 0.6 is 0 Å². The van der Waals surface area contributed by atoms with Gasteiger partial charge in [0.25, 0.3) is 0 Å². The third kappa shape index (κ3) is 1.84. The molecule has 8 heavy (non-hydrogen) atoms. The second-order valence-electron chi connectivity index (χ2n) is 1.34. The van der Waals surface area contributed by atoms with Crippen molar-refractivity contribution in [2.45, 2.75) is 13.0 Å². The zero-order chi connectivity index (χ0) is 6.57. The first kappa shape index (κ1) is 7.30. The van der Waals surface area contributed by atoms with Crippen molar-refractivity contribution in [1.29, 1.82) is 0 Å². The highest BCUT2D eigenvalue weighted by molar-refractivity contribution is 5.61. The molecule has 0 aromatic heterocycles. The average molecular weight is 117 g/mol. The molecule has 2 N–H and O–H groups in total. The molecule has 0 aliphatic carbocycles. The first-order valence-corrected chi connectivity index (χ1v) is 2.25. The molecule has 0 aromatic carbocycles. The summed E-state index contributed by atoms with van der Waals surface area (Å²) in [6.07, 6.45) is 1.52. The van der Waals surface area contributed by atoms with Crippen LogP contribution < -0.4 is 5.73 Å². The molecule has 0 rings (SSSR count). The zero-order valence-corrected chi connectivity index (χ0v) is 4.60. The van der Waals surface area contributed by atoms with E-state index in [4.69, 9.17) is 5.73 Å². The fourth-order valence-corrected chi connectivity index (χ4v) is 0.257. The molecule has 0 aliphatic rings. The number of allylic oxidation sites excluding steroid dienone is 1. The van der Waals surface area contributed by atoms with Crippen molar-refractivity contribution >= 4 is 6.29 Å². The van der Waals surface area contributed by atoms with E-state index in [1.807, 2.05) is 0 Å². The average Bonchev–Trinajstić information content (AvgIpc) is 1.84. The molecule has 0 fully saturated rings. The molecule has 0 radical (unpaired) electrons. The van der Waals surface area contributed by atoms with Crippen molar-refractivity contribution in [2.24, 2.45) is 5.73 Å². The Morgan fingerprint density at radius 2 is 2.38 bits per heavy atom. The van der Waals surface area contributed by atoms with Gasteiger partial charge in [0.05, 0.1) is 0 Å². The molecule has 0 saturated carbocycles. The highest BCUT2D eigenvalue weighted by atomic mass is 19.1. The van der Waals surface area contributed by atoms with Gasteiger partial charge < -0.3 is 10.5 Å². The number of carbonyl (C=O) groups excluding carboxylic acids is 1. The maximum atomic E-state index is 12.0. The molecule has 3 heteroatoms. The normalized spacial score (nSPS) is 15.6. The maximum absolute atomic E-state index is 12.0. The molecule has 2 nitrogen and oxygen atoms in total. The molecule has 0 amide bonds. The van der Waals surface area contributed by atoms with Gasteiger partial charge in [-0.05, 0) is 6.92 Å². The van der Waals surface area contributed by atoms with Crippen molar-refractivity contribution in [3.05, 3.63) is 11.9 Å². The van der Waals surface area contributed by atoms with Crippen molar-refractivity contribution in [3.8, 4) is 0 Å². The Hall–Kier alpha value is -0.700. The van der Waals surface area contributed by atoms with E-state index < -0.39 is 11.9 Å². The first-order valence-electron chi connectivity index (χ1n) is 2.25. The van der Waals surface area contributed by atoms with Crippen molar-refractivity contribution in [1.82, 2.24) is 0 Å². The van der Waals surface area contributed by atoms with Crippen molar-refractivity contribution in [2.75, 3.05) is 0 Å². The fourth-order valence-electron chi connectivity index (χ4n) is 0.257. The predicted molar refractivity (Wildman–Crippen MR) is 28.9 cm³/mol. The van der Waals surface area contributed by atoms with Crippen LogP contribution in [0.25, 0.3) is 0 Å². The van der Waals surface area contributed by atoms with Crippen LogP contribution in [0.2, 0.25) is 0 Å². The zero-order valence-electron chi connectivity index (χ0n) is 4.60. The second-order valence-corrected chi connectivity index (χ2v) is 1.34. The van der Waals surface area contributed by atoms with Gasteiger partial charge in [0, 0.05) is 0 Å². The summed E-state index contributed by atoms with van der Waals surface area (Å²) >= 11 is 0. The summed E-state index contributed by atoms with van der Waals surface area (Å²) in [4.78, 5) is 9.70. The number of rotatable bonds is 2. The van der Waals surface area contributed by atoms with Gasteiger partial charge in [-0.1, -0.05) is 6.08 Å². The van der Waals surface area contributed by atoms with Crippen LogP contribution in [0.5, 0.6) is 0 Å². The van der Waals surface area contributed by atoms with Gasteiger partial charge >= 0.3 is 0 Å². The van der Waals surface area contributed by atoms with Crippen molar-refractivity contribution in [3.63, 3.8) is 0 Å². The standard InChI is InChI=1S/C5H8FNO/c1-2-4(6)5(7)3-8/h2-3,5H,7H2,1H3/b4-2+. The molecule has 46 valence electrons. The van der Waals surface area contributed by atoms with E-state index in [1.54, 1.807) is 0 Å². The summed E-state index contributed by atoms with van der Waals surface area (Å²) in [6, 6.07) is -1.07. The van der Waals surface area contributed by atoms with Gasteiger partial charge in [-0.15, -0.1) is 0 Å². The second kappa shape index (κ2) is 3.32. The number of halogens is 1. The highest BCUT2D eigenvalue weighted by Gasteiger charge is 2.02. The number of hydrogen-bond acceptors (Lipinski definition) is 2. The molecule has 0 aliphatic heterocycles. The lowest BCUT2D eigenvalue weighted by Gasteiger charge is -1.95. The lowest BCUT2D eigenvalue weighted by molar-refractivity contribution is -0.108. The monoisotopic (exact) mass is 117 g/mol. The van der Waals surface area contributed by atoms with Gasteiger partial charge in [-0.2, -0.15) is 0 Å². The molecule has 0 spiro atoms. The minimum Gasteiger partial charge on any atom is -0.316 e. The first-order chi connectivity index (χ1) is 3.72. The molecular weight excluding hydrogens is 109 g/mol. The smallest absolute Gasteiger partial charge is 0.143 e. The van der Waals surface area contributed by atoms with Gasteiger partial charge in [0.2, 0.25) is 0 Å². The van der Waals surface area contributed by atoms with E-state index in [0.717, 1.165) is 0 Å². The molecule has 0 aromatic rings. The number of hydrogen-bond donors (Lipinski definition) is 1. The van der Waals surface area contributed by atoms with Crippen LogP contribution in [0, 0.1) is 0 Å². The fraction of sp³-hybridized carbons (Fsp3) is 0.400. The summed E-state index contributed by atoms with van der Waals surface area (Å²) in [5.41, 5.74) is 4.92. The quantitative estimate of drug-likeness (QED) is 0.531. The third-order valence-electron chi connectivity index (χ3n) is 0.741. The molecule has 1 unspecified atom stereocenters. The van der Waals surface area contributed by atoms with Gasteiger partial charge in [0.15, 0.2) is 0 Å². The lowest BCUT2D eigenvalue weighted by atomic mass is 10.3. The van der Waals surface area contributed by atoms with Gasteiger partial charge in [0.1, 0.15) is 18.2 Å². The largest absolute Gasteiger partial charge is 0.316 e. The Morgan fingerprint density at radius 3 is 2.50 bits per heavy atom. The summed E-state index contributed by atoms with van der Waals surface area (Å²) in [5, 5.41) is 0. The maximum Gasteiger partial charge on any atom is 0.143 e. The van der Waals surface area contributed by atoms with Gasteiger partial charge in [-0.25, -0.2) is 4.39 Å². The number of aldehydes is 1. The minimum atomic E-state index is -1.07. The Bertz CT molecular complexity index is 111. The third-order valence-corrected chi connectivity index (χ3v) is 0.741. The van der Waals surface area contributed by atoms with Gasteiger partial charge in [-0.3, -0.25) is 0 Å². The summed E-state index contributed by atoms with van der Waals surface area (Å²) in [6.45, 7) is 1.48. The van der Waals surface area contributed by atoms with Crippen LogP contribution in [-0.4, -0.2) is 12.3 Å². The number of nitrogens with two attached hydrogens (primary N) is 1. The molecule has 1 atom stereocenters. The Balaban J connectivity index is 3.81.